The lowest BCUT2D eigenvalue weighted by Gasteiger charge is -2.46. The number of thioether (sulfide) groups is 1. The van der Waals surface area contributed by atoms with Crippen molar-refractivity contribution in [3.63, 3.8) is 0 Å². The molecule has 0 saturated carbocycles. The third-order valence-corrected chi connectivity index (χ3v) is 8.91. The van der Waals surface area contributed by atoms with Crippen molar-refractivity contribution in [1.29, 1.82) is 0 Å². The highest BCUT2D eigenvalue weighted by Crippen LogP contribution is 2.51. The molecule has 13 heteroatoms. The Balaban J connectivity index is 0.00000336. The molecule has 1 fully saturated rings. The van der Waals surface area contributed by atoms with E-state index in [1.54, 1.807) is 13.3 Å². The van der Waals surface area contributed by atoms with Crippen LogP contribution in [-0.4, -0.2) is 55.7 Å². The predicted molar refractivity (Wildman–Crippen MR) is 136 cm³/mol. The van der Waals surface area contributed by atoms with Crippen LogP contribution in [-0.2, 0) is 32.4 Å². The fraction of sp³-hybridized carbons (Fsp3) is 0.360. The minimum atomic E-state index is -1.16. The molecule has 10 nitrogen and oxygen atoms in total. The number of hydrogen-bond donors (Lipinski definition) is 3. The fourth-order valence-corrected chi connectivity index (χ4v) is 7.41. The summed E-state index contributed by atoms with van der Waals surface area (Å²) in [5.41, 5.74) is 4.00. The Hall–Kier alpha value is -2.46. The predicted octanol–water partition coefficient (Wildman–Crippen LogP) is -1.08. The van der Waals surface area contributed by atoms with Crippen LogP contribution >= 0.6 is 23.1 Å². The zero-order valence-corrected chi connectivity index (χ0v) is 24.6. The summed E-state index contributed by atoms with van der Waals surface area (Å²) >= 11 is 2.89. The molecule has 2 amide bonds. The molecule has 4 atom stereocenters. The lowest BCUT2D eigenvalue weighted by molar-refractivity contribution is -0.718. The first kappa shape index (κ1) is 28.5. The molecular formula is C25H27IN4O6S2. The molecule has 1 aromatic carbocycles. The molecule has 2 aromatic heterocycles. The van der Waals surface area contributed by atoms with Gasteiger partial charge in [-0.3, -0.25) is 14.4 Å². The number of nitrogens with zero attached hydrogens (tertiary/aromatic N) is 3. The molecule has 0 bridgehead atoms. The molecule has 0 radical (unpaired) electrons. The SMILES string of the molecule is CSc1c2sc(C3=C(C(=O)O)N4C(=O)[C@H]([C@@H](C)O)[C@H]4[C@H]3C)cn2c[n+]1CC(=O)NOCc1ccccc1.[I-]. The van der Waals surface area contributed by atoms with Crippen molar-refractivity contribution >= 4 is 51.3 Å². The zero-order chi connectivity index (χ0) is 26.4. The van der Waals surface area contributed by atoms with Gasteiger partial charge < -0.3 is 39.1 Å². The summed E-state index contributed by atoms with van der Waals surface area (Å²) in [4.78, 5) is 45.6. The van der Waals surface area contributed by atoms with Gasteiger partial charge in [-0.25, -0.2) is 14.8 Å². The zero-order valence-electron chi connectivity index (χ0n) is 20.8. The van der Waals surface area contributed by atoms with Gasteiger partial charge in [-0.2, -0.15) is 4.40 Å². The minimum absolute atomic E-state index is 0. The Morgan fingerprint density at radius 2 is 2.00 bits per heavy atom. The second kappa shape index (κ2) is 11.3. The number of hydrogen-bond acceptors (Lipinski definition) is 7. The summed E-state index contributed by atoms with van der Waals surface area (Å²) < 4.78 is 3.68. The summed E-state index contributed by atoms with van der Waals surface area (Å²) in [5.74, 6) is -2.68. The number of carbonyl (C=O) groups excluding carboxylic acids is 2. The first-order valence-corrected chi connectivity index (χ1v) is 13.8. The Kier molecular flexibility index (Phi) is 8.52. The Labute approximate surface area is 244 Å². The normalized spacial score (nSPS) is 21.2. The first-order valence-electron chi connectivity index (χ1n) is 11.7. The van der Waals surface area contributed by atoms with Gasteiger partial charge in [-0.15, -0.1) is 0 Å². The van der Waals surface area contributed by atoms with Crippen LogP contribution in [0.25, 0.3) is 10.4 Å². The van der Waals surface area contributed by atoms with Crippen LogP contribution in [0.4, 0.5) is 0 Å². The average Bonchev–Trinajstić information content (AvgIpc) is 3.46. The number of hydroxylamine groups is 1. The molecule has 3 N–H and O–H groups in total. The van der Waals surface area contributed by atoms with Crippen molar-refractivity contribution in [2.24, 2.45) is 11.8 Å². The van der Waals surface area contributed by atoms with Crippen LogP contribution < -0.4 is 34.0 Å². The first-order chi connectivity index (χ1) is 17.7. The van der Waals surface area contributed by atoms with Gasteiger partial charge in [0.05, 0.1) is 29.5 Å². The molecule has 0 spiro atoms. The van der Waals surface area contributed by atoms with E-state index in [1.807, 2.05) is 58.7 Å². The number of carbonyl (C=O) groups is 3. The van der Waals surface area contributed by atoms with E-state index in [1.165, 1.54) is 28.0 Å². The molecule has 5 rings (SSSR count). The van der Waals surface area contributed by atoms with Crippen molar-refractivity contribution in [2.45, 2.75) is 44.2 Å². The van der Waals surface area contributed by atoms with E-state index < -0.39 is 18.0 Å². The number of thiazole rings is 1. The maximum atomic E-state index is 12.7. The number of aliphatic carboxylic acids is 1. The molecule has 2 aliphatic heterocycles. The highest BCUT2D eigenvalue weighted by atomic mass is 127. The van der Waals surface area contributed by atoms with Crippen molar-refractivity contribution in [1.82, 2.24) is 14.8 Å². The molecule has 38 heavy (non-hydrogen) atoms. The lowest BCUT2D eigenvalue weighted by Crippen LogP contribution is -3.00. The van der Waals surface area contributed by atoms with E-state index >= 15 is 0 Å². The summed E-state index contributed by atoms with van der Waals surface area (Å²) in [5, 5.41) is 20.9. The summed E-state index contributed by atoms with van der Waals surface area (Å²) in [6.07, 6.45) is 4.68. The van der Waals surface area contributed by atoms with Gasteiger partial charge in [0.25, 0.3) is 12.2 Å². The molecule has 4 heterocycles. The maximum Gasteiger partial charge on any atom is 0.352 e. The van der Waals surface area contributed by atoms with E-state index in [0.717, 1.165) is 20.3 Å². The van der Waals surface area contributed by atoms with E-state index in [9.17, 15) is 24.6 Å². The number of aromatic nitrogens is 2. The van der Waals surface area contributed by atoms with Crippen molar-refractivity contribution in [3.05, 3.63) is 59.0 Å². The van der Waals surface area contributed by atoms with Gasteiger partial charge in [-0.05, 0) is 18.7 Å². The highest BCUT2D eigenvalue weighted by Gasteiger charge is 2.60. The molecule has 2 aliphatic rings. The third-order valence-electron chi connectivity index (χ3n) is 6.82. The fourth-order valence-electron chi connectivity index (χ4n) is 5.23. The molecule has 0 unspecified atom stereocenters. The number of amides is 2. The van der Waals surface area contributed by atoms with E-state index in [0.29, 0.717) is 5.57 Å². The van der Waals surface area contributed by atoms with Crippen molar-refractivity contribution in [2.75, 3.05) is 6.26 Å². The van der Waals surface area contributed by atoms with E-state index in [-0.39, 0.29) is 66.6 Å². The summed E-state index contributed by atoms with van der Waals surface area (Å²) in [7, 11) is 0. The van der Waals surface area contributed by atoms with Crippen molar-refractivity contribution in [3.8, 4) is 0 Å². The molecule has 0 aliphatic carbocycles. The van der Waals surface area contributed by atoms with Crippen molar-refractivity contribution < 1.29 is 58.0 Å². The van der Waals surface area contributed by atoms with Gasteiger partial charge in [0.15, 0.2) is 6.54 Å². The molecule has 202 valence electrons. The van der Waals surface area contributed by atoms with Gasteiger partial charge in [-0.1, -0.05) is 60.4 Å². The minimum Gasteiger partial charge on any atom is -1.00 e. The molecular weight excluding hydrogens is 643 g/mol. The van der Waals surface area contributed by atoms with Gasteiger partial charge in [0.1, 0.15) is 11.9 Å². The number of carboxylic acids is 1. The second-order valence-corrected chi connectivity index (χ2v) is 11.0. The standard InChI is InChI=1S/C25H26N4O6S2.HI/c1-13-18(21(25(33)34)29-20(13)19(14(2)30)22(29)32)16-9-27-12-28(23(36-3)24(27)37-16)10-17(31)26-35-11-15-7-5-4-6-8-15;/h4-9,12-14,19-20,30H,10-11H2,1-3H3,(H-,26,31,33,34);1H/t13-,14+,19+,20+;/m0./s1. The molecule has 1 saturated heterocycles. The number of fused-ring (bicyclic) bond motifs is 2. The monoisotopic (exact) mass is 670 g/mol. The third kappa shape index (κ3) is 4.85. The van der Waals surface area contributed by atoms with Gasteiger partial charge in [0, 0.05) is 11.5 Å². The Bertz CT molecular complexity index is 1420. The number of nitrogens with one attached hydrogen (secondary N) is 1. The summed E-state index contributed by atoms with van der Waals surface area (Å²) in [6, 6.07) is 9.15. The Morgan fingerprint density at radius 3 is 2.63 bits per heavy atom. The topological polar surface area (TPSA) is 124 Å². The smallest absolute Gasteiger partial charge is 0.352 e. The van der Waals surface area contributed by atoms with Crippen LogP contribution in [0.2, 0.25) is 0 Å². The second-order valence-electron chi connectivity index (χ2n) is 9.18. The quantitative estimate of drug-likeness (QED) is 0.0871. The maximum absolute atomic E-state index is 12.7. The van der Waals surface area contributed by atoms with Crippen LogP contribution in [0, 0.1) is 11.8 Å². The van der Waals surface area contributed by atoms with Crippen LogP contribution in [0.15, 0.2) is 53.6 Å². The number of aliphatic hydroxyl groups excluding tert-OH is 1. The Morgan fingerprint density at radius 1 is 1.29 bits per heavy atom. The number of aliphatic hydroxyl groups is 1. The van der Waals surface area contributed by atoms with Crippen LogP contribution in [0.3, 0.4) is 0 Å². The lowest BCUT2D eigenvalue weighted by atomic mass is 9.77. The molecule has 3 aromatic rings. The number of halogens is 1. The number of benzene rings is 1. The summed E-state index contributed by atoms with van der Waals surface area (Å²) in [6.45, 7) is 3.77. The number of β-lactam (4-membered cyclic amide) rings is 1. The average molecular weight is 671 g/mol. The number of imidazole rings is 1. The van der Waals surface area contributed by atoms with Crippen LogP contribution in [0.5, 0.6) is 0 Å². The van der Waals surface area contributed by atoms with Gasteiger partial charge in [0.2, 0.25) is 15.8 Å². The highest BCUT2D eigenvalue weighted by molar-refractivity contribution is 7.98. The van der Waals surface area contributed by atoms with E-state index in [2.05, 4.69) is 5.48 Å². The van der Waals surface area contributed by atoms with Crippen LogP contribution in [0.1, 0.15) is 24.3 Å². The number of rotatable bonds is 9. The largest absolute Gasteiger partial charge is 1.00 e. The number of carboxylic acid groups (broad SMARTS) is 1. The van der Waals surface area contributed by atoms with Gasteiger partial charge >= 0.3 is 5.97 Å². The van der Waals surface area contributed by atoms with E-state index in [4.69, 9.17) is 4.84 Å².